The Morgan fingerprint density at radius 1 is 1.18 bits per heavy atom. The van der Waals surface area contributed by atoms with Crippen molar-refractivity contribution in [3.8, 4) is 12.3 Å². The van der Waals surface area contributed by atoms with Gasteiger partial charge in [0, 0.05) is 11.9 Å². The highest BCUT2D eigenvalue weighted by molar-refractivity contribution is 6.04. The molecule has 1 amide bonds. The Morgan fingerprint density at radius 3 is 2.56 bits per heavy atom. The van der Waals surface area contributed by atoms with Gasteiger partial charge in [-0.3, -0.25) is 14.7 Å². The molecular weight excluding hydrogens is 429 g/mol. The quantitative estimate of drug-likeness (QED) is 0.572. The molecule has 6 heteroatoms. The summed E-state index contributed by atoms with van der Waals surface area (Å²) in [5, 5.41) is 14.8. The minimum atomic E-state index is -1.28. The zero-order valence-electron chi connectivity index (χ0n) is 18.7. The van der Waals surface area contributed by atoms with Crippen LogP contribution in [0.15, 0.2) is 66.9 Å². The van der Waals surface area contributed by atoms with Crippen molar-refractivity contribution in [3.63, 3.8) is 0 Å². The number of carbonyl (C=O) groups excluding carboxylic acids is 1. The number of hydrogen-bond donors (Lipinski definition) is 2. The lowest BCUT2D eigenvalue weighted by Crippen LogP contribution is -2.64. The van der Waals surface area contributed by atoms with Gasteiger partial charge in [0.2, 0.25) is 0 Å². The molecule has 2 aromatic carbocycles. The summed E-state index contributed by atoms with van der Waals surface area (Å²) in [5.74, 6) is 2.10. The number of rotatable bonds is 5. The number of piperidine rings is 3. The first-order valence-corrected chi connectivity index (χ1v) is 11.5. The van der Waals surface area contributed by atoms with Crippen molar-refractivity contribution in [1.29, 1.82) is 0 Å². The summed E-state index contributed by atoms with van der Waals surface area (Å²) in [4.78, 5) is 19.8. The maximum atomic E-state index is 13.2. The van der Waals surface area contributed by atoms with E-state index in [0.717, 1.165) is 37.1 Å². The first-order chi connectivity index (χ1) is 16.5. The number of aliphatic hydroxyl groups is 1. The lowest BCUT2D eigenvalue weighted by atomic mass is 9.67. The van der Waals surface area contributed by atoms with Crippen LogP contribution in [0.5, 0.6) is 0 Å². The molecule has 0 aliphatic carbocycles. The molecule has 3 aliphatic heterocycles. The van der Waals surface area contributed by atoms with Crippen LogP contribution in [-0.4, -0.2) is 40.0 Å². The molecule has 34 heavy (non-hydrogen) atoms. The predicted molar refractivity (Wildman–Crippen MR) is 129 cm³/mol. The van der Waals surface area contributed by atoms with Crippen LogP contribution in [0, 0.1) is 24.1 Å². The average Bonchev–Trinajstić information content (AvgIpc) is 2.86. The van der Waals surface area contributed by atoms with Gasteiger partial charge >= 0.3 is 0 Å². The number of nitrogens with zero attached hydrogens (tertiary/aromatic N) is 2. The summed E-state index contributed by atoms with van der Waals surface area (Å²) in [5.41, 5.74) is 1.94. The molecular formula is C28H26FN3O2. The molecule has 2 bridgehead atoms. The average molecular weight is 456 g/mol. The van der Waals surface area contributed by atoms with Crippen LogP contribution in [-0.2, 0) is 12.0 Å². The molecule has 6 rings (SSSR count). The molecule has 3 aromatic rings. The number of fused-ring (bicyclic) bond motifs is 3. The van der Waals surface area contributed by atoms with E-state index in [1.807, 2.05) is 30.3 Å². The van der Waals surface area contributed by atoms with E-state index < -0.39 is 11.6 Å². The van der Waals surface area contributed by atoms with E-state index in [9.17, 15) is 14.3 Å². The fourth-order valence-corrected chi connectivity index (χ4v) is 5.34. The number of halogens is 1. The third-order valence-corrected chi connectivity index (χ3v) is 7.04. The van der Waals surface area contributed by atoms with Crippen molar-refractivity contribution in [1.82, 2.24) is 9.88 Å². The van der Waals surface area contributed by atoms with Crippen LogP contribution in [0.2, 0.25) is 0 Å². The Bertz CT molecular complexity index is 1230. The Hall–Kier alpha value is -3.53. The Kier molecular flexibility index (Phi) is 5.91. The van der Waals surface area contributed by atoms with Gasteiger partial charge in [0.15, 0.2) is 0 Å². The van der Waals surface area contributed by atoms with Crippen molar-refractivity contribution >= 4 is 11.6 Å². The minimum Gasteiger partial charge on any atom is -0.381 e. The van der Waals surface area contributed by atoms with Crippen molar-refractivity contribution in [2.45, 2.75) is 30.9 Å². The number of aromatic nitrogens is 1. The van der Waals surface area contributed by atoms with E-state index in [1.54, 1.807) is 6.07 Å². The first kappa shape index (κ1) is 22.3. The molecule has 3 saturated heterocycles. The number of hydrogen-bond acceptors (Lipinski definition) is 4. The van der Waals surface area contributed by atoms with Gasteiger partial charge in [0.1, 0.15) is 17.5 Å². The van der Waals surface area contributed by atoms with Gasteiger partial charge in [0.25, 0.3) is 5.91 Å². The van der Waals surface area contributed by atoms with E-state index in [4.69, 9.17) is 6.42 Å². The van der Waals surface area contributed by atoms with Crippen LogP contribution in [0.4, 0.5) is 10.1 Å². The predicted octanol–water partition coefficient (Wildman–Crippen LogP) is 3.98. The summed E-state index contributed by atoms with van der Waals surface area (Å²) in [7, 11) is 0. The summed E-state index contributed by atoms with van der Waals surface area (Å²) >= 11 is 0. The number of anilines is 1. The van der Waals surface area contributed by atoms with Gasteiger partial charge < -0.3 is 10.4 Å². The largest absolute Gasteiger partial charge is 0.381 e. The number of benzene rings is 2. The topological polar surface area (TPSA) is 65.5 Å². The molecule has 1 aromatic heterocycles. The Morgan fingerprint density at radius 2 is 1.88 bits per heavy atom. The van der Waals surface area contributed by atoms with Crippen molar-refractivity contribution in [2.75, 3.05) is 18.4 Å². The van der Waals surface area contributed by atoms with E-state index in [0.29, 0.717) is 23.4 Å². The maximum absolute atomic E-state index is 13.2. The smallest absolute Gasteiger partial charge is 0.257 e. The lowest BCUT2D eigenvalue weighted by Gasteiger charge is -2.54. The number of amides is 1. The highest BCUT2D eigenvalue weighted by atomic mass is 19.1. The number of nitrogens with one attached hydrogen (secondary N) is 1. The summed E-state index contributed by atoms with van der Waals surface area (Å²) in [6, 6.07) is 16.8. The minimum absolute atomic E-state index is 0.0134. The Labute approximate surface area is 198 Å². The summed E-state index contributed by atoms with van der Waals surface area (Å²) in [6.45, 7) is 1.74. The molecule has 2 N–H and O–H groups in total. The highest BCUT2D eigenvalue weighted by Crippen LogP contribution is 2.47. The van der Waals surface area contributed by atoms with Gasteiger partial charge in [-0.05, 0) is 79.7 Å². The first-order valence-electron chi connectivity index (χ1n) is 11.5. The van der Waals surface area contributed by atoms with Crippen LogP contribution in [0.1, 0.15) is 40.0 Å². The molecule has 5 nitrogen and oxygen atoms in total. The standard InChI is InChI=1S/C28H26FN3O2/c1-2-25-28(34,22-12-14-32(25)15-13-22)26-20(16-19-6-4-3-5-7-19)17-21(18-30-26)27(33)31-24-10-8-23(29)9-11-24/h1,3-11,17-18,22,25,34H,12-16H2,(H,31,33). The number of carbonyl (C=O) groups is 1. The van der Waals surface area contributed by atoms with Gasteiger partial charge in [-0.25, -0.2) is 4.39 Å². The molecule has 3 fully saturated rings. The second-order valence-corrected chi connectivity index (χ2v) is 9.06. The third-order valence-electron chi connectivity index (χ3n) is 7.04. The SMILES string of the molecule is C#CC1N2CCC(CC2)C1(O)c1ncc(C(=O)Nc2ccc(F)cc2)cc1Cc1ccccc1. The fourth-order valence-electron chi connectivity index (χ4n) is 5.34. The zero-order chi connectivity index (χ0) is 23.7. The van der Waals surface area contributed by atoms with Crippen LogP contribution >= 0.6 is 0 Å². The summed E-state index contributed by atoms with van der Waals surface area (Å²) < 4.78 is 13.2. The molecule has 172 valence electrons. The third kappa shape index (κ3) is 3.98. The lowest BCUT2D eigenvalue weighted by molar-refractivity contribution is -0.145. The molecule has 4 heterocycles. The van der Waals surface area contributed by atoms with Gasteiger partial charge in [0.05, 0.1) is 11.3 Å². The molecule has 0 spiro atoms. The van der Waals surface area contributed by atoms with Crippen LogP contribution in [0.25, 0.3) is 0 Å². The number of terminal acetylenes is 1. The summed E-state index contributed by atoms with van der Waals surface area (Å²) in [6.07, 6.45) is 9.62. The normalized spacial score (nSPS) is 25.5. The van der Waals surface area contributed by atoms with E-state index in [1.165, 1.54) is 30.5 Å². The van der Waals surface area contributed by atoms with Gasteiger partial charge in [-0.15, -0.1) is 6.42 Å². The van der Waals surface area contributed by atoms with Gasteiger partial charge in [-0.1, -0.05) is 36.3 Å². The molecule has 2 unspecified atom stereocenters. The van der Waals surface area contributed by atoms with E-state index >= 15 is 0 Å². The molecule has 0 saturated carbocycles. The molecule has 0 radical (unpaired) electrons. The van der Waals surface area contributed by atoms with E-state index in [2.05, 4.69) is 21.1 Å². The van der Waals surface area contributed by atoms with Gasteiger partial charge in [-0.2, -0.15) is 0 Å². The molecule has 3 aliphatic rings. The maximum Gasteiger partial charge on any atom is 0.257 e. The van der Waals surface area contributed by atoms with Crippen molar-refractivity contribution < 1.29 is 14.3 Å². The van der Waals surface area contributed by atoms with Crippen molar-refractivity contribution in [2.24, 2.45) is 5.92 Å². The van der Waals surface area contributed by atoms with Crippen molar-refractivity contribution in [3.05, 3.63) is 95.1 Å². The van der Waals surface area contributed by atoms with Crippen LogP contribution in [0.3, 0.4) is 0 Å². The monoisotopic (exact) mass is 455 g/mol. The molecule has 2 atom stereocenters. The second kappa shape index (κ2) is 9.02. The Balaban J connectivity index is 1.54. The number of pyridine rings is 1. The fraction of sp³-hybridized carbons (Fsp3) is 0.286. The second-order valence-electron chi connectivity index (χ2n) is 9.06. The highest BCUT2D eigenvalue weighted by Gasteiger charge is 2.55. The van der Waals surface area contributed by atoms with Crippen LogP contribution < -0.4 is 5.32 Å². The zero-order valence-corrected chi connectivity index (χ0v) is 18.7. The van der Waals surface area contributed by atoms with E-state index in [-0.39, 0.29) is 17.6 Å².